The highest BCUT2D eigenvalue weighted by molar-refractivity contribution is 7.20. The smallest absolute Gasteiger partial charge is 0.261 e. The molecule has 0 spiro atoms. The maximum Gasteiger partial charge on any atom is 0.261 e. The molecule has 5 nitrogen and oxygen atoms in total. The maximum atomic E-state index is 12.7. The number of rotatable bonds is 5. The molecule has 0 radical (unpaired) electrons. The Bertz CT molecular complexity index is 1160. The molecule has 6 heteroatoms. The van der Waals surface area contributed by atoms with E-state index in [9.17, 15) is 4.79 Å². The fourth-order valence-electron chi connectivity index (χ4n) is 3.21. The van der Waals surface area contributed by atoms with Crippen molar-refractivity contribution in [1.82, 2.24) is 15.1 Å². The summed E-state index contributed by atoms with van der Waals surface area (Å²) < 4.78 is 7.26. The minimum absolute atomic E-state index is 0.0951. The van der Waals surface area contributed by atoms with E-state index >= 15 is 0 Å². The lowest BCUT2D eigenvalue weighted by molar-refractivity contribution is 0.0955. The molecule has 0 saturated carbocycles. The molecule has 0 aliphatic heterocycles. The van der Waals surface area contributed by atoms with Crippen molar-refractivity contribution in [1.29, 1.82) is 0 Å². The van der Waals surface area contributed by atoms with Crippen LogP contribution < -0.4 is 10.1 Å². The lowest BCUT2D eigenvalue weighted by atomic mass is 10.2. The minimum atomic E-state index is -0.0951. The van der Waals surface area contributed by atoms with Crippen LogP contribution in [0.5, 0.6) is 5.75 Å². The highest BCUT2D eigenvalue weighted by Crippen LogP contribution is 2.30. The number of amides is 1. The van der Waals surface area contributed by atoms with Gasteiger partial charge in [0.25, 0.3) is 5.91 Å². The van der Waals surface area contributed by atoms with E-state index in [0.29, 0.717) is 11.4 Å². The molecule has 2 heterocycles. The molecule has 0 atom stereocenters. The molecular formula is C22H21N3O2S. The number of thiophene rings is 1. The van der Waals surface area contributed by atoms with Crippen LogP contribution in [0, 0.1) is 13.8 Å². The van der Waals surface area contributed by atoms with Gasteiger partial charge >= 0.3 is 0 Å². The Morgan fingerprint density at radius 2 is 1.96 bits per heavy atom. The van der Waals surface area contributed by atoms with E-state index in [1.165, 1.54) is 16.9 Å². The number of para-hydroxylation sites is 1. The average molecular weight is 391 g/mol. The number of hydrogen-bond donors (Lipinski definition) is 1. The highest BCUT2D eigenvalue weighted by Gasteiger charge is 2.17. The second kappa shape index (κ2) is 7.48. The molecule has 2 aromatic heterocycles. The summed E-state index contributed by atoms with van der Waals surface area (Å²) in [6.45, 7) is 4.44. The molecule has 4 aromatic rings. The number of nitrogens with one attached hydrogen (secondary N) is 1. The number of nitrogens with zero attached hydrogens (tertiary/aromatic N) is 2. The van der Waals surface area contributed by atoms with Gasteiger partial charge in [-0.15, -0.1) is 11.3 Å². The Morgan fingerprint density at radius 1 is 1.14 bits per heavy atom. The lowest BCUT2D eigenvalue weighted by Gasteiger charge is -2.08. The number of carbonyl (C=O) groups excluding carboxylic acids is 1. The molecule has 0 saturated heterocycles. The SMILES string of the molecule is COc1ccccc1CNC(=O)c1cc2c(C)nn(-c3cccc(C)c3)c2s1. The number of methoxy groups -OCH3 is 1. The summed E-state index contributed by atoms with van der Waals surface area (Å²) in [5.74, 6) is 0.673. The Balaban J connectivity index is 1.61. The topological polar surface area (TPSA) is 56.1 Å². The fourth-order valence-corrected chi connectivity index (χ4v) is 4.30. The van der Waals surface area contributed by atoms with Crippen molar-refractivity contribution in [3.8, 4) is 11.4 Å². The third-order valence-electron chi connectivity index (χ3n) is 4.65. The van der Waals surface area contributed by atoms with Crippen molar-refractivity contribution in [2.75, 3.05) is 7.11 Å². The van der Waals surface area contributed by atoms with Crippen LogP contribution in [0.25, 0.3) is 15.9 Å². The molecule has 0 bridgehead atoms. The van der Waals surface area contributed by atoms with Gasteiger partial charge in [0, 0.05) is 17.5 Å². The van der Waals surface area contributed by atoms with E-state index in [1.807, 2.05) is 54.1 Å². The fraction of sp³-hybridized carbons (Fsp3) is 0.182. The molecule has 0 fully saturated rings. The number of hydrogen-bond acceptors (Lipinski definition) is 4. The molecule has 0 aliphatic carbocycles. The van der Waals surface area contributed by atoms with Crippen molar-refractivity contribution >= 4 is 27.5 Å². The second-order valence-electron chi connectivity index (χ2n) is 6.66. The van der Waals surface area contributed by atoms with E-state index in [0.717, 1.165) is 32.9 Å². The molecular weight excluding hydrogens is 370 g/mol. The molecule has 1 amide bonds. The predicted molar refractivity (Wildman–Crippen MR) is 113 cm³/mol. The van der Waals surface area contributed by atoms with Crippen molar-refractivity contribution in [3.63, 3.8) is 0 Å². The van der Waals surface area contributed by atoms with Crippen LogP contribution >= 0.6 is 11.3 Å². The first-order chi connectivity index (χ1) is 13.6. The van der Waals surface area contributed by atoms with Crippen molar-refractivity contribution in [2.24, 2.45) is 0 Å². The van der Waals surface area contributed by atoms with Crippen molar-refractivity contribution in [2.45, 2.75) is 20.4 Å². The Hall–Kier alpha value is -3.12. The number of aromatic nitrogens is 2. The van der Waals surface area contributed by atoms with Gasteiger partial charge in [-0.2, -0.15) is 5.10 Å². The standard InChI is InChI=1S/C22H21N3O2S/c1-14-7-6-9-17(11-14)25-22-18(15(2)24-25)12-20(28-22)21(26)23-13-16-8-4-5-10-19(16)27-3/h4-12H,13H2,1-3H3,(H,23,26). The normalized spacial score (nSPS) is 11.0. The summed E-state index contributed by atoms with van der Waals surface area (Å²) in [6.07, 6.45) is 0. The Kier molecular flexibility index (Phi) is 4.88. The van der Waals surface area contributed by atoms with Gasteiger partial charge in [0.2, 0.25) is 0 Å². The first-order valence-electron chi connectivity index (χ1n) is 9.03. The zero-order chi connectivity index (χ0) is 19.7. The summed E-state index contributed by atoms with van der Waals surface area (Å²) in [5.41, 5.74) is 4.03. The number of benzene rings is 2. The lowest BCUT2D eigenvalue weighted by Crippen LogP contribution is -2.22. The van der Waals surface area contributed by atoms with E-state index in [2.05, 4.69) is 29.5 Å². The van der Waals surface area contributed by atoms with E-state index in [1.54, 1.807) is 7.11 Å². The zero-order valence-electron chi connectivity index (χ0n) is 16.0. The summed E-state index contributed by atoms with van der Waals surface area (Å²) in [6, 6.07) is 17.8. The van der Waals surface area contributed by atoms with Gasteiger partial charge in [-0.25, -0.2) is 4.68 Å². The molecule has 1 N–H and O–H groups in total. The Labute approximate surface area is 167 Å². The third-order valence-corrected chi connectivity index (χ3v) is 5.76. The van der Waals surface area contributed by atoms with Crippen LogP contribution in [0.2, 0.25) is 0 Å². The average Bonchev–Trinajstić information content (AvgIpc) is 3.27. The molecule has 2 aromatic carbocycles. The summed E-state index contributed by atoms with van der Waals surface area (Å²) in [4.78, 5) is 14.4. The maximum absolute atomic E-state index is 12.7. The second-order valence-corrected chi connectivity index (χ2v) is 7.69. The van der Waals surface area contributed by atoms with Crippen molar-refractivity contribution < 1.29 is 9.53 Å². The monoisotopic (exact) mass is 391 g/mol. The minimum Gasteiger partial charge on any atom is -0.496 e. The molecule has 0 unspecified atom stereocenters. The van der Waals surface area contributed by atoms with Crippen LogP contribution in [0.1, 0.15) is 26.5 Å². The van der Waals surface area contributed by atoms with Crippen LogP contribution in [0.3, 0.4) is 0 Å². The highest BCUT2D eigenvalue weighted by atomic mass is 32.1. The molecule has 142 valence electrons. The van der Waals surface area contributed by atoms with Crippen LogP contribution in [0.4, 0.5) is 0 Å². The molecule has 4 rings (SSSR count). The van der Waals surface area contributed by atoms with E-state index in [-0.39, 0.29) is 5.91 Å². The number of ether oxygens (including phenoxy) is 1. The first kappa shape index (κ1) is 18.3. The summed E-state index contributed by atoms with van der Waals surface area (Å²) in [7, 11) is 1.63. The summed E-state index contributed by atoms with van der Waals surface area (Å²) >= 11 is 1.46. The van der Waals surface area contributed by atoms with E-state index < -0.39 is 0 Å². The predicted octanol–water partition coefficient (Wildman–Crippen LogP) is 4.64. The van der Waals surface area contributed by atoms with Gasteiger partial charge in [-0.3, -0.25) is 4.79 Å². The third kappa shape index (κ3) is 3.39. The number of aryl methyl sites for hydroxylation is 2. The number of fused-ring (bicyclic) bond motifs is 1. The first-order valence-corrected chi connectivity index (χ1v) is 9.85. The van der Waals surface area contributed by atoms with Crippen LogP contribution in [0.15, 0.2) is 54.6 Å². The van der Waals surface area contributed by atoms with Gasteiger partial charge in [0.05, 0.1) is 23.4 Å². The van der Waals surface area contributed by atoms with Gasteiger partial charge < -0.3 is 10.1 Å². The Morgan fingerprint density at radius 3 is 2.75 bits per heavy atom. The molecule has 0 aliphatic rings. The van der Waals surface area contributed by atoms with Gasteiger partial charge in [-0.05, 0) is 43.7 Å². The van der Waals surface area contributed by atoms with Crippen molar-refractivity contribution in [3.05, 3.63) is 76.3 Å². The van der Waals surface area contributed by atoms with Crippen LogP contribution in [-0.4, -0.2) is 22.8 Å². The van der Waals surface area contributed by atoms with E-state index in [4.69, 9.17) is 4.74 Å². The van der Waals surface area contributed by atoms with Gasteiger partial charge in [0.15, 0.2) is 0 Å². The molecule has 28 heavy (non-hydrogen) atoms. The van der Waals surface area contributed by atoms with Gasteiger partial charge in [-0.1, -0.05) is 30.3 Å². The van der Waals surface area contributed by atoms with Crippen LogP contribution in [-0.2, 0) is 6.54 Å². The zero-order valence-corrected chi connectivity index (χ0v) is 16.8. The largest absolute Gasteiger partial charge is 0.496 e. The van der Waals surface area contributed by atoms with Gasteiger partial charge in [0.1, 0.15) is 10.6 Å². The quantitative estimate of drug-likeness (QED) is 0.539. The number of carbonyl (C=O) groups is 1. The summed E-state index contributed by atoms with van der Waals surface area (Å²) in [5, 5.41) is 8.66.